The van der Waals surface area contributed by atoms with Gasteiger partial charge in [-0.05, 0) is 36.7 Å². The van der Waals surface area contributed by atoms with E-state index in [0.717, 1.165) is 0 Å². The van der Waals surface area contributed by atoms with E-state index in [9.17, 15) is 0 Å². The Hall–Kier alpha value is -0.790. The van der Waals surface area contributed by atoms with Crippen molar-refractivity contribution in [1.29, 1.82) is 0 Å². The number of H-pyrrole nitrogens is 1. The lowest BCUT2D eigenvalue weighted by molar-refractivity contribution is 0.329. The molecule has 2 nitrogen and oxygen atoms in total. The molecule has 182 valence electrons. The molecular formula is C29H56N2. The van der Waals surface area contributed by atoms with Crippen molar-refractivity contribution in [1.82, 2.24) is 10.2 Å². The van der Waals surface area contributed by atoms with Crippen molar-refractivity contribution in [2.45, 2.75) is 168 Å². The van der Waals surface area contributed by atoms with E-state index >= 15 is 0 Å². The third-order valence-electron chi connectivity index (χ3n) is 7.69. The fourth-order valence-electron chi connectivity index (χ4n) is 5.53. The van der Waals surface area contributed by atoms with Crippen LogP contribution in [-0.4, -0.2) is 10.2 Å². The highest BCUT2D eigenvalue weighted by Gasteiger charge is 2.36. The van der Waals surface area contributed by atoms with Gasteiger partial charge in [-0.2, -0.15) is 5.10 Å². The van der Waals surface area contributed by atoms with Crippen molar-refractivity contribution < 1.29 is 0 Å². The Kier molecular flexibility index (Phi) is 14.5. The highest BCUT2D eigenvalue weighted by molar-refractivity contribution is 5.32. The number of nitrogens with one attached hydrogen (secondary N) is 1. The van der Waals surface area contributed by atoms with Crippen molar-refractivity contribution in [3.05, 3.63) is 17.5 Å². The van der Waals surface area contributed by atoms with Crippen LogP contribution in [-0.2, 0) is 10.8 Å². The molecule has 0 aliphatic carbocycles. The van der Waals surface area contributed by atoms with E-state index in [1.165, 1.54) is 121 Å². The molecule has 2 heteroatoms. The van der Waals surface area contributed by atoms with Gasteiger partial charge in [-0.25, -0.2) is 0 Å². The van der Waals surface area contributed by atoms with Crippen LogP contribution in [0.3, 0.4) is 0 Å². The summed E-state index contributed by atoms with van der Waals surface area (Å²) in [6.07, 6.45) is 26.3. The van der Waals surface area contributed by atoms with Gasteiger partial charge in [0.15, 0.2) is 0 Å². The summed E-state index contributed by atoms with van der Waals surface area (Å²) in [5, 5.41) is 8.21. The van der Waals surface area contributed by atoms with Crippen molar-refractivity contribution in [3.63, 3.8) is 0 Å². The number of hydrogen-bond donors (Lipinski definition) is 1. The van der Waals surface area contributed by atoms with Gasteiger partial charge in [-0.15, -0.1) is 0 Å². The second-order valence-electron chi connectivity index (χ2n) is 10.8. The van der Waals surface area contributed by atoms with E-state index in [1.807, 2.05) is 0 Å². The van der Waals surface area contributed by atoms with Crippen LogP contribution in [0.4, 0.5) is 0 Å². The van der Waals surface area contributed by atoms with Gasteiger partial charge in [0.25, 0.3) is 0 Å². The van der Waals surface area contributed by atoms with Crippen molar-refractivity contribution in [2.24, 2.45) is 0 Å². The number of rotatable bonds is 20. The minimum atomic E-state index is 0.241. The van der Waals surface area contributed by atoms with E-state index in [2.05, 4.69) is 57.9 Å². The fraction of sp³-hybridized carbons (Fsp3) is 0.897. The van der Waals surface area contributed by atoms with Crippen LogP contribution in [0, 0.1) is 0 Å². The lowest BCUT2D eigenvalue weighted by Gasteiger charge is -2.36. The molecule has 1 aromatic rings. The maximum absolute atomic E-state index is 4.66. The topological polar surface area (TPSA) is 28.7 Å². The monoisotopic (exact) mass is 432 g/mol. The molecule has 0 bridgehead atoms. The van der Waals surface area contributed by atoms with Gasteiger partial charge in [0, 0.05) is 11.1 Å². The van der Waals surface area contributed by atoms with Crippen LogP contribution in [0.1, 0.15) is 168 Å². The van der Waals surface area contributed by atoms with Crippen molar-refractivity contribution in [3.8, 4) is 0 Å². The third kappa shape index (κ3) is 9.70. The van der Waals surface area contributed by atoms with Crippen LogP contribution in [0.5, 0.6) is 0 Å². The van der Waals surface area contributed by atoms with Crippen LogP contribution >= 0.6 is 0 Å². The summed E-state index contributed by atoms with van der Waals surface area (Å²) in [5.74, 6) is 0. The van der Waals surface area contributed by atoms with E-state index in [0.29, 0.717) is 0 Å². The molecule has 0 amide bonds. The predicted molar refractivity (Wildman–Crippen MR) is 139 cm³/mol. The molecule has 31 heavy (non-hydrogen) atoms. The number of unbranched alkanes of at least 4 members (excludes halogenated alkanes) is 10. The Morgan fingerprint density at radius 3 is 1.52 bits per heavy atom. The van der Waals surface area contributed by atoms with E-state index < -0.39 is 0 Å². The zero-order valence-corrected chi connectivity index (χ0v) is 22.3. The average Bonchev–Trinajstić information content (AvgIpc) is 3.26. The Labute approximate surface area is 195 Å². The van der Waals surface area contributed by atoms with Crippen LogP contribution in [0.15, 0.2) is 6.20 Å². The van der Waals surface area contributed by atoms with Gasteiger partial charge in [0.05, 0.1) is 6.20 Å². The largest absolute Gasteiger partial charge is 0.282 e. The molecule has 0 aromatic carbocycles. The van der Waals surface area contributed by atoms with Gasteiger partial charge in [-0.1, -0.05) is 131 Å². The number of aromatic nitrogens is 2. The van der Waals surface area contributed by atoms with E-state index in [1.54, 1.807) is 5.56 Å². The van der Waals surface area contributed by atoms with Crippen molar-refractivity contribution in [2.75, 3.05) is 0 Å². The molecule has 1 rings (SSSR count). The predicted octanol–water partition coefficient (Wildman–Crippen LogP) is 10.0. The molecule has 1 atom stereocenters. The van der Waals surface area contributed by atoms with Gasteiger partial charge in [-0.3, -0.25) is 5.10 Å². The zero-order chi connectivity index (χ0) is 23.0. The Morgan fingerprint density at radius 1 is 0.581 bits per heavy atom. The summed E-state index contributed by atoms with van der Waals surface area (Å²) in [4.78, 5) is 0. The second-order valence-corrected chi connectivity index (χ2v) is 10.8. The first-order chi connectivity index (χ1) is 15.0. The second kappa shape index (κ2) is 15.9. The van der Waals surface area contributed by atoms with Crippen molar-refractivity contribution >= 4 is 0 Å². The SMILES string of the molecule is CCCCCCCC(C)(CCC)c1cn[nH]c1C(C)(CCCCCC)CCCCCC. The molecule has 0 radical (unpaired) electrons. The van der Waals surface area contributed by atoms with Gasteiger partial charge in [0.2, 0.25) is 0 Å². The van der Waals surface area contributed by atoms with E-state index in [-0.39, 0.29) is 10.8 Å². The minimum Gasteiger partial charge on any atom is -0.282 e. The minimum absolute atomic E-state index is 0.241. The quantitative estimate of drug-likeness (QED) is 0.204. The summed E-state index contributed by atoms with van der Waals surface area (Å²) in [6, 6.07) is 0. The Bertz CT molecular complexity index is 535. The molecule has 0 spiro atoms. The number of hydrogen-bond acceptors (Lipinski definition) is 1. The zero-order valence-electron chi connectivity index (χ0n) is 22.3. The smallest absolute Gasteiger partial charge is 0.0527 e. The molecule has 1 heterocycles. The molecule has 1 unspecified atom stereocenters. The van der Waals surface area contributed by atoms with Crippen LogP contribution in [0.2, 0.25) is 0 Å². The van der Waals surface area contributed by atoms with Gasteiger partial charge >= 0.3 is 0 Å². The maximum atomic E-state index is 4.66. The molecule has 0 saturated carbocycles. The summed E-state index contributed by atoms with van der Waals surface area (Å²) < 4.78 is 0. The summed E-state index contributed by atoms with van der Waals surface area (Å²) in [7, 11) is 0. The van der Waals surface area contributed by atoms with Gasteiger partial charge in [0.1, 0.15) is 0 Å². The Morgan fingerprint density at radius 2 is 1.03 bits per heavy atom. The lowest BCUT2D eigenvalue weighted by atomic mass is 9.68. The summed E-state index contributed by atoms with van der Waals surface area (Å²) in [6.45, 7) is 14.3. The van der Waals surface area contributed by atoms with Gasteiger partial charge < -0.3 is 0 Å². The van der Waals surface area contributed by atoms with Crippen LogP contribution < -0.4 is 0 Å². The normalized spacial score (nSPS) is 14.1. The Balaban J connectivity index is 3.03. The molecule has 1 aromatic heterocycles. The first-order valence-corrected chi connectivity index (χ1v) is 14.0. The molecule has 1 N–H and O–H groups in total. The first kappa shape index (κ1) is 28.2. The maximum Gasteiger partial charge on any atom is 0.0527 e. The van der Waals surface area contributed by atoms with Crippen LogP contribution in [0.25, 0.3) is 0 Å². The fourth-order valence-corrected chi connectivity index (χ4v) is 5.53. The highest BCUT2D eigenvalue weighted by Crippen LogP contribution is 2.43. The standard InChI is InChI=1S/C29H56N2/c1-7-11-14-17-20-22-28(5,21-10-4)26-25-30-31-27(26)29(6,23-18-15-12-8-2)24-19-16-13-9-3/h25H,7-24H2,1-6H3,(H,30,31). The summed E-state index contributed by atoms with van der Waals surface area (Å²) >= 11 is 0. The number of aromatic amines is 1. The molecule has 0 aliphatic heterocycles. The first-order valence-electron chi connectivity index (χ1n) is 14.0. The third-order valence-corrected chi connectivity index (χ3v) is 7.69. The lowest BCUT2D eigenvalue weighted by Crippen LogP contribution is -2.30. The molecular weight excluding hydrogens is 376 g/mol. The molecule has 0 fully saturated rings. The van der Waals surface area contributed by atoms with E-state index in [4.69, 9.17) is 0 Å². The molecule has 0 aliphatic rings. The molecule has 0 saturated heterocycles. The number of nitrogens with zero attached hydrogens (tertiary/aromatic N) is 1. The summed E-state index contributed by atoms with van der Waals surface area (Å²) in [5.41, 5.74) is 3.52. The highest BCUT2D eigenvalue weighted by atomic mass is 15.1. The average molecular weight is 433 g/mol.